The molecule has 1 atom stereocenters. The lowest BCUT2D eigenvalue weighted by Gasteiger charge is -2.15. The van der Waals surface area contributed by atoms with Gasteiger partial charge in [-0.05, 0) is 30.7 Å². The molecule has 6 nitrogen and oxygen atoms in total. The highest BCUT2D eigenvalue weighted by Crippen LogP contribution is 2.15. The summed E-state index contributed by atoms with van der Waals surface area (Å²) in [5.41, 5.74) is 1.95. The quantitative estimate of drug-likeness (QED) is 0.749. The van der Waals surface area contributed by atoms with Crippen LogP contribution < -0.4 is 10.6 Å². The van der Waals surface area contributed by atoms with Gasteiger partial charge in [0.25, 0.3) is 5.91 Å². The van der Waals surface area contributed by atoms with E-state index in [1.807, 2.05) is 37.3 Å². The fourth-order valence-corrected chi connectivity index (χ4v) is 2.38. The number of amides is 2. The predicted molar refractivity (Wildman–Crippen MR) is 98.6 cm³/mol. The van der Waals surface area contributed by atoms with E-state index in [4.69, 9.17) is 0 Å². The molecule has 2 rings (SSSR count). The molecule has 0 aromatic heterocycles. The molecule has 2 aromatic rings. The maximum atomic E-state index is 12.4. The smallest absolute Gasteiger partial charge is 0.306 e. The van der Waals surface area contributed by atoms with Gasteiger partial charge in [-0.15, -0.1) is 0 Å². The number of hydrogen-bond acceptors (Lipinski definition) is 4. The molecule has 0 aliphatic heterocycles. The van der Waals surface area contributed by atoms with Gasteiger partial charge in [0.1, 0.15) is 0 Å². The average molecular weight is 354 g/mol. The molecule has 0 aliphatic rings. The van der Waals surface area contributed by atoms with Gasteiger partial charge in [0.15, 0.2) is 0 Å². The topological polar surface area (TPSA) is 84.5 Å². The Labute approximate surface area is 152 Å². The molecule has 2 amide bonds. The van der Waals surface area contributed by atoms with Gasteiger partial charge < -0.3 is 15.4 Å². The van der Waals surface area contributed by atoms with Crippen molar-refractivity contribution in [2.75, 3.05) is 12.4 Å². The first kappa shape index (κ1) is 19.2. The molecule has 0 saturated heterocycles. The number of esters is 1. The van der Waals surface area contributed by atoms with Crippen LogP contribution in [0.3, 0.4) is 0 Å². The van der Waals surface area contributed by atoms with E-state index < -0.39 is 5.97 Å². The molecule has 0 spiro atoms. The number of carbonyl (C=O) groups is 3. The van der Waals surface area contributed by atoms with Crippen molar-refractivity contribution in [3.8, 4) is 0 Å². The number of carbonyl (C=O) groups excluding carboxylic acids is 3. The third-order valence-electron chi connectivity index (χ3n) is 3.84. The summed E-state index contributed by atoms with van der Waals surface area (Å²) in [5, 5.41) is 5.60. The van der Waals surface area contributed by atoms with Crippen LogP contribution in [0.5, 0.6) is 0 Å². The molecule has 26 heavy (non-hydrogen) atoms. The van der Waals surface area contributed by atoms with Gasteiger partial charge in [-0.2, -0.15) is 0 Å². The molecule has 0 saturated carbocycles. The van der Waals surface area contributed by atoms with Crippen LogP contribution >= 0.6 is 0 Å². The second-order valence-corrected chi connectivity index (χ2v) is 5.81. The van der Waals surface area contributed by atoms with Gasteiger partial charge >= 0.3 is 5.97 Å². The number of benzene rings is 2. The molecule has 0 heterocycles. The second-order valence-electron chi connectivity index (χ2n) is 5.81. The molecule has 0 radical (unpaired) electrons. The average Bonchev–Trinajstić information content (AvgIpc) is 2.66. The summed E-state index contributed by atoms with van der Waals surface area (Å²) in [6.45, 7) is 1.91. The zero-order chi connectivity index (χ0) is 18.9. The van der Waals surface area contributed by atoms with Gasteiger partial charge in [-0.1, -0.05) is 36.4 Å². The fraction of sp³-hybridized carbons (Fsp3) is 0.250. The van der Waals surface area contributed by atoms with E-state index in [0.29, 0.717) is 11.3 Å². The summed E-state index contributed by atoms with van der Waals surface area (Å²) in [6.07, 6.45) is 0.0330. The molecule has 136 valence electrons. The van der Waals surface area contributed by atoms with Crippen LogP contribution in [0.1, 0.15) is 41.7 Å². The van der Waals surface area contributed by atoms with E-state index in [1.165, 1.54) is 7.11 Å². The molecule has 0 bridgehead atoms. The van der Waals surface area contributed by atoms with Crippen LogP contribution in [0.4, 0.5) is 5.69 Å². The zero-order valence-electron chi connectivity index (χ0n) is 14.8. The Morgan fingerprint density at radius 3 is 2.42 bits per heavy atom. The number of anilines is 1. The first-order valence-electron chi connectivity index (χ1n) is 8.32. The Bertz CT molecular complexity index is 774. The van der Waals surface area contributed by atoms with E-state index in [-0.39, 0.29) is 30.7 Å². The fourth-order valence-electron chi connectivity index (χ4n) is 2.38. The summed E-state index contributed by atoms with van der Waals surface area (Å²) < 4.78 is 4.50. The molecule has 2 aromatic carbocycles. The van der Waals surface area contributed by atoms with Gasteiger partial charge in [-0.25, -0.2) is 0 Å². The van der Waals surface area contributed by atoms with Crippen LogP contribution in [0.2, 0.25) is 0 Å². The summed E-state index contributed by atoms with van der Waals surface area (Å²) in [6, 6.07) is 16.2. The van der Waals surface area contributed by atoms with Crippen molar-refractivity contribution in [2.24, 2.45) is 0 Å². The van der Waals surface area contributed by atoms with Crippen LogP contribution in [0, 0.1) is 0 Å². The number of methoxy groups -OCH3 is 1. The number of nitrogens with one attached hydrogen (secondary N) is 2. The molecule has 2 N–H and O–H groups in total. The molecular formula is C20H22N2O4. The molecule has 0 fully saturated rings. The highest BCUT2D eigenvalue weighted by atomic mass is 16.5. The van der Waals surface area contributed by atoms with Crippen molar-refractivity contribution < 1.29 is 19.1 Å². The van der Waals surface area contributed by atoms with Crippen molar-refractivity contribution in [3.05, 3.63) is 65.7 Å². The van der Waals surface area contributed by atoms with Gasteiger partial charge in [0.2, 0.25) is 5.91 Å². The lowest BCUT2D eigenvalue weighted by molar-refractivity contribution is -0.141. The Kier molecular flexibility index (Phi) is 6.91. The minimum atomic E-state index is -0.442. The van der Waals surface area contributed by atoms with E-state index in [0.717, 1.165) is 5.56 Å². The number of rotatable bonds is 7. The van der Waals surface area contributed by atoms with E-state index >= 15 is 0 Å². The molecular weight excluding hydrogens is 332 g/mol. The van der Waals surface area contributed by atoms with E-state index in [2.05, 4.69) is 15.4 Å². The largest absolute Gasteiger partial charge is 0.469 e. The number of hydrogen-bond donors (Lipinski definition) is 2. The maximum Gasteiger partial charge on any atom is 0.306 e. The minimum Gasteiger partial charge on any atom is -0.469 e. The van der Waals surface area contributed by atoms with Crippen LogP contribution in [-0.4, -0.2) is 24.9 Å². The van der Waals surface area contributed by atoms with Crippen molar-refractivity contribution in [3.63, 3.8) is 0 Å². The van der Waals surface area contributed by atoms with Gasteiger partial charge in [0.05, 0.1) is 19.6 Å². The highest BCUT2D eigenvalue weighted by molar-refractivity contribution is 5.97. The molecule has 0 aliphatic carbocycles. The lowest BCUT2D eigenvalue weighted by atomic mass is 10.1. The van der Waals surface area contributed by atoms with Crippen molar-refractivity contribution in [2.45, 2.75) is 25.8 Å². The minimum absolute atomic E-state index is 0.0110. The second kappa shape index (κ2) is 9.36. The first-order valence-corrected chi connectivity index (χ1v) is 8.32. The SMILES string of the molecule is COC(=O)CCC(=O)Nc1cccc(C(=O)NC(C)c2ccccc2)c1. The van der Waals surface area contributed by atoms with Crippen molar-refractivity contribution in [1.82, 2.24) is 5.32 Å². The normalized spacial score (nSPS) is 11.3. The summed E-state index contributed by atoms with van der Waals surface area (Å²) in [5.74, 6) is -0.985. The molecule has 1 unspecified atom stereocenters. The third-order valence-corrected chi connectivity index (χ3v) is 3.84. The van der Waals surface area contributed by atoms with Crippen LogP contribution in [0.25, 0.3) is 0 Å². The van der Waals surface area contributed by atoms with E-state index in [1.54, 1.807) is 24.3 Å². The maximum absolute atomic E-state index is 12.4. The first-order chi connectivity index (χ1) is 12.5. The van der Waals surface area contributed by atoms with E-state index in [9.17, 15) is 14.4 Å². The Morgan fingerprint density at radius 2 is 1.73 bits per heavy atom. The standard InChI is InChI=1S/C20H22N2O4/c1-14(15-7-4-3-5-8-15)21-20(25)16-9-6-10-17(13-16)22-18(23)11-12-19(24)26-2/h3-10,13-14H,11-12H2,1-2H3,(H,21,25)(H,22,23). The van der Waals surface area contributed by atoms with Crippen molar-refractivity contribution >= 4 is 23.5 Å². The highest BCUT2D eigenvalue weighted by Gasteiger charge is 2.12. The third kappa shape index (κ3) is 5.73. The van der Waals surface area contributed by atoms with Crippen LogP contribution in [-0.2, 0) is 14.3 Å². The predicted octanol–water partition coefficient (Wildman–Crippen LogP) is 3.07. The van der Waals surface area contributed by atoms with Crippen molar-refractivity contribution in [1.29, 1.82) is 0 Å². The summed E-state index contributed by atoms with van der Waals surface area (Å²) >= 11 is 0. The summed E-state index contributed by atoms with van der Waals surface area (Å²) in [7, 11) is 1.28. The zero-order valence-corrected chi connectivity index (χ0v) is 14.8. The Balaban J connectivity index is 1.96. The Morgan fingerprint density at radius 1 is 1.00 bits per heavy atom. The number of ether oxygens (including phenoxy) is 1. The van der Waals surface area contributed by atoms with Crippen LogP contribution in [0.15, 0.2) is 54.6 Å². The van der Waals surface area contributed by atoms with Gasteiger partial charge in [-0.3, -0.25) is 14.4 Å². The monoisotopic (exact) mass is 354 g/mol. The lowest BCUT2D eigenvalue weighted by Crippen LogP contribution is -2.26. The molecule has 6 heteroatoms. The Hall–Kier alpha value is -3.15. The summed E-state index contributed by atoms with van der Waals surface area (Å²) in [4.78, 5) is 35.4. The van der Waals surface area contributed by atoms with Gasteiger partial charge in [0, 0.05) is 17.7 Å².